The molecule has 1 aliphatic heterocycles. The number of sulfonamides is 1. The molecule has 31 heavy (non-hydrogen) atoms. The van der Waals surface area contributed by atoms with Crippen molar-refractivity contribution in [3.8, 4) is 0 Å². The van der Waals surface area contributed by atoms with Gasteiger partial charge in [-0.2, -0.15) is 0 Å². The minimum atomic E-state index is -4.17. The molecule has 1 saturated carbocycles. The molecule has 1 heterocycles. The van der Waals surface area contributed by atoms with E-state index >= 15 is 0 Å². The quantitative estimate of drug-likeness (QED) is 0.701. The summed E-state index contributed by atoms with van der Waals surface area (Å²) >= 11 is 5.91. The maximum atomic E-state index is 15.0. The van der Waals surface area contributed by atoms with Gasteiger partial charge in [0.2, 0.25) is 10.0 Å². The lowest BCUT2D eigenvalue weighted by molar-refractivity contribution is 0.209. The van der Waals surface area contributed by atoms with Crippen LogP contribution in [0.2, 0.25) is 5.02 Å². The molecule has 1 saturated heterocycles. The van der Waals surface area contributed by atoms with E-state index in [2.05, 4.69) is 4.72 Å². The molecule has 2 aliphatic rings. The molecule has 4 atom stereocenters. The molecule has 4 rings (SSSR count). The fraction of sp³-hybridized carbons (Fsp3) is 0.429. The number of benzene rings is 2. The minimum Gasteiger partial charge on any atom is -0.223 e. The molecule has 2 aromatic carbocycles. The summed E-state index contributed by atoms with van der Waals surface area (Å²) in [5, 5.41) is -0.357. The monoisotopic (exact) mass is 489 g/mol. The van der Waals surface area contributed by atoms with E-state index in [9.17, 15) is 25.6 Å². The zero-order valence-electron chi connectivity index (χ0n) is 16.7. The van der Waals surface area contributed by atoms with E-state index in [1.54, 1.807) is 6.92 Å². The van der Waals surface area contributed by atoms with E-state index in [4.69, 9.17) is 11.6 Å². The first kappa shape index (κ1) is 22.6. The van der Waals surface area contributed by atoms with Crippen LogP contribution in [0, 0.1) is 17.6 Å². The Morgan fingerprint density at radius 1 is 1.13 bits per heavy atom. The topological polar surface area (TPSA) is 80.3 Å². The second-order valence-corrected chi connectivity index (χ2v) is 13.2. The molecular formula is C21H22ClF2NO4S2. The Morgan fingerprint density at radius 2 is 1.81 bits per heavy atom. The third-order valence-electron chi connectivity index (χ3n) is 6.56. The van der Waals surface area contributed by atoms with E-state index in [1.807, 2.05) is 0 Å². The molecule has 168 valence electrons. The van der Waals surface area contributed by atoms with Crippen molar-refractivity contribution in [1.82, 2.24) is 4.72 Å². The average molecular weight is 490 g/mol. The predicted molar refractivity (Wildman–Crippen MR) is 114 cm³/mol. The normalized spacial score (nSPS) is 30.5. The van der Waals surface area contributed by atoms with Crippen molar-refractivity contribution in [1.29, 1.82) is 0 Å². The van der Waals surface area contributed by atoms with E-state index in [1.165, 1.54) is 24.3 Å². The molecule has 0 amide bonds. The first-order chi connectivity index (χ1) is 14.5. The van der Waals surface area contributed by atoms with Gasteiger partial charge in [0, 0.05) is 16.6 Å². The van der Waals surface area contributed by atoms with Gasteiger partial charge >= 0.3 is 0 Å². The van der Waals surface area contributed by atoms with Crippen molar-refractivity contribution in [3.05, 3.63) is 64.7 Å². The van der Waals surface area contributed by atoms with Crippen LogP contribution in [0.1, 0.15) is 38.2 Å². The number of hydrogen-bond donors (Lipinski definition) is 1. The highest BCUT2D eigenvalue weighted by atomic mass is 35.5. The van der Waals surface area contributed by atoms with Crippen molar-refractivity contribution in [3.63, 3.8) is 0 Å². The zero-order chi connectivity index (χ0) is 22.6. The minimum absolute atomic E-state index is 0.0180. The van der Waals surface area contributed by atoms with Crippen LogP contribution >= 0.6 is 11.6 Å². The van der Waals surface area contributed by atoms with Crippen molar-refractivity contribution in [2.45, 2.75) is 53.5 Å². The molecule has 0 bridgehead atoms. The van der Waals surface area contributed by atoms with Gasteiger partial charge in [-0.1, -0.05) is 11.6 Å². The SMILES string of the molecule is CC1C[C@@H]2C[C@](c3cc(F)ccc3F)(S(=O)(=O)c3ccc(Cl)cc3)CC[C@@H]2NS1(=O)=O. The van der Waals surface area contributed by atoms with Crippen molar-refractivity contribution in [2.75, 3.05) is 0 Å². The number of halogens is 3. The second kappa shape index (κ2) is 7.79. The lowest BCUT2D eigenvalue weighted by Gasteiger charge is -2.47. The summed E-state index contributed by atoms with van der Waals surface area (Å²) in [4.78, 5) is -0.0385. The molecule has 1 unspecified atom stereocenters. The lowest BCUT2D eigenvalue weighted by Crippen LogP contribution is -2.56. The third kappa shape index (κ3) is 3.79. The molecule has 10 heteroatoms. The standard InChI is InChI=1S/C21H22ClF2NO4S2/c1-13-10-14-12-21(9-8-20(14)25-31(13,28)29,18-11-16(23)4-7-19(18)24)30(26,27)17-5-2-15(22)3-6-17/h2-7,11,13-14,20,25H,8-10,12H2,1H3/t13?,14-,20+,21-/m1/s1. The van der Waals surface area contributed by atoms with E-state index in [-0.39, 0.29) is 42.1 Å². The third-order valence-corrected chi connectivity index (χ3v) is 11.2. The van der Waals surface area contributed by atoms with Crippen LogP contribution < -0.4 is 4.72 Å². The van der Waals surface area contributed by atoms with Gasteiger partial charge < -0.3 is 0 Å². The highest BCUT2D eigenvalue weighted by Gasteiger charge is 2.55. The fourth-order valence-electron chi connectivity index (χ4n) is 4.89. The first-order valence-electron chi connectivity index (χ1n) is 9.93. The maximum absolute atomic E-state index is 15.0. The number of sulfone groups is 1. The van der Waals surface area contributed by atoms with Crippen molar-refractivity contribution >= 4 is 31.5 Å². The molecule has 2 aromatic rings. The van der Waals surface area contributed by atoms with Crippen LogP contribution in [0.4, 0.5) is 8.78 Å². The van der Waals surface area contributed by atoms with Crippen LogP contribution in [0.15, 0.2) is 47.4 Å². The number of nitrogens with one attached hydrogen (secondary N) is 1. The van der Waals surface area contributed by atoms with Crippen molar-refractivity contribution in [2.24, 2.45) is 5.92 Å². The molecule has 1 N–H and O–H groups in total. The van der Waals surface area contributed by atoms with Crippen LogP contribution in [0.25, 0.3) is 0 Å². The highest BCUT2D eigenvalue weighted by Crippen LogP contribution is 2.51. The van der Waals surface area contributed by atoms with Gasteiger partial charge in [0.25, 0.3) is 0 Å². The van der Waals surface area contributed by atoms with Gasteiger partial charge in [-0.05, 0) is 81.0 Å². The Bertz CT molecular complexity index is 1220. The smallest absolute Gasteiger partial charge is 0.214 e. The van der Waals surface area contributed by atoms with Gasteiger partial charge in [0.15, 0.2) is 9.84 Å². The van der Waals surface area contributed by atoms with Crippen LogP contribution in [-0.2, 0) is 24.6 Å². The Labute approximate surface area is 185 Å². The maximum Gasteiger partial charge on any atom is 0.214 e. The molecule has 0 radical (unpaired) electrons. The number of hydrogen-bond acceptors (Lipinski definition) is 4. The van der Waals surface area contributed by atoms with E-state index < -0.39 is 47.5 Å². The van der Waals surface area contributed by atoms with Crippen LogP contribution in [-0.4, -0.2) is 28.1 Å². The Hall–Kier alpha value is -1.55. The zero-order valence-corrected chi connectivity index (χ0v) is 19.1. The highest BCUT2D eigenvalue weighted by molar-refractivity contribution is 7.92. The summed E-state index contributed by atoms with van der Waals surface area (Å²) in [7, 11) is -7.66. The molecule has 1 aliphatic carbocycles. The second-order valence-electron chi connectivity index (χ2n) is 8.39. The molecule has 0 spiro atoms. The largest absolute Gasteiger partial charge is 0.223 e. The summed E-state index contributed by atoms with van der Waals surface area (Å²) in [6.45, 7) is 1.56. The summed E-state index contributed by atoms with van der Waals surface area (Å²) in [6, 6.07) is 7.97. The van der Waals surface area contributed by atoms with E-state index in [0.717, 1.165) is 18.2 Å². The van der Waals surface area contributed by atoms with Gasteiger partial charge in [-0.15, -0.1) is 0 Å². The van der Waals surface area contributed by atoms with Crippen LogP contribution in [0.3, 0.4) is 0 Å². The first-order valence-corrected chi connectivity index (χ1v) is 13.3. The Kier molecular flexibility index (Phi) is 5.69. The fourth-order valence-corrected chi connectivity index (χ4v) is 8.70. The van der Waals surface area contributed by atoms with Gasteiger partial charge in [-0.25, -0.2) is 30.3 Å². The van der Waals surface area contributed by atoms with Crippen LogP contribution in [0.5, 0.6) is 0 Å². The number of rotatable bonds is 3. The Balaban J connectivity index is 1.88. The van der Waals surface area contributed by atoms with Gasteiger partial charge in [0.1, 0.15) is 16.4 Å². The molecule has 2 fully saturated rings. The molecular weight excluding hydrogens is 468 g/mol. The van der Waals surface area contributed by atoms with E-state index in [0.29, 0.717) is 5.02 Å². The summed E-state index contributed by atoms with van der Waals surface area (Å²) in [6.07, 6.45) is 0.375. The summed E-state index contributed by atoms with van der Waals surface area (Å²) in [5.74, 6) is -1.87. The lowest BCUT2D eigenvalue weighted by atomic mass is 9.73. The average Bonchev–Trinajstić information content (AvgIpc) is 2.70. The van der Waals surface area contributed by atoms with Gasteiger partial charge in [0.05, 0.1) is 10.1 Å². The Morgan fingerprint density at radius 3 is 2.48 bits per heavy atom. The molecule has 5 nitrogen and oxygen atoms in total. The van der Waals surface area contributed by atoms with Gasteiger partial charge in [-0.3, -0.25) is 0 Å². The predicted octanol–water partition coefficient (Wildman–Crippen LogP) is 4.17. The number of fused-ring (bicyclic) bond motifs is 1. The van der Waals surface area contributed by atoms with Crippen molar-refractivity contribution < 1.29 is 25.6 Å². The molecule has 0 aromatic heterocycles. The summed E-state index contributed by atoms with van der Waals surface area (Å²) in [5.41, 5.74) is -0.220. The summed E-state index contributed by atoms with van der Waals surface area (Å²) < 4.78 is 82.4.